The quantitative estimate of drug-likeness (QED) is 0.653. The Kier molecular flexibility index (Phi) is 4.80. The summed E-state index contributed by atoms with van der Waals surface area (Å²) in [6, 6.07) is 10.8. The molecule has 0 saturated carbocycles. The summed E-state index contributed by atoms with van der Waals surface area (Å²) in [6.45, 7) is 2.08. The van der Waals surface area contributed by atoms with Gasteiger partial charge < -0.3 is 9.80 Å². The molecular weight excluding hydrogens is 401 g/mol. The smallest absolute Gasteiger partial charge is 0.255 e. The van der Waals surface area contributed by atoms with Gasteiger partial charge in [-0.15, -0.1) is 0 Å². The van der Waals surface area contributed by atoms with E-state index in [4.69, 9.17) is 0 Å². The monoisotopic (exact) mass is 419 g/mol. The van der Waals surface area contributed by atoms with Gasteiger partial charge in [0.1, 0.15) is 5.82 Å². The fraction of sp³-hybridized carbons (Fsp3) is 0.263. The van der Waals surface area contributed by atoms with E-state index in [0.29, 0.717) is 26.2 Å². The average molecular weight is 420 g/mol. The molecule has 28 heavy (non-hydrogen) atoms. The Balaban J connectivity index is 1.50. The highest BCUT2D eigenvalue weighted by molar-refractivity contribution is 7.90. The van der Waals surface area contributed by atoms with Gasteiger partial charge >= 0.3 is 0 Å². The van der Waals surface area contributed by atoms with Crippen LogP contribution in [0.3, 0.4) is 0 Å². The van der Waals surface area contributed by atoms with Gasteiger partial charge in [0.05, 0.1) is 20.7 Å². The SMILES string of the molecule is CS(=O)(=O)c1ccccc1C(=O)N1CCN(c2nc3ccc(F)cc3s2)CC1. The van der Waals surface area contributed by atoms with E-state index >= 15 is 0 Å². The van der Waals surface area contributed by atoms with Crippen molar-refractivity contribution < 1.29 is 17.6 Å². The van der Waals surface area contributed by atoms with E-state index in [9.17, 15) is 17.6 Å². The maximum atomic E-state index is 13.4. The number of sulfone groups is 1. The van der Waals surface area contributed by atoms with Gasteiger partial charge in [0, 0.05) is 32.4 Å². The number of thiazole rings is 1. The predicted molar refractivity (Wildman–Crippen MR) is 107 cm³/mol. The van der Waals surface area contributed by atoms with E-state index in [1.165, 1.54) is 29.5 Å². The van der Waals surface area contributed by atoms with Crippen LogP contribution in [0.2, 0.25) is 0 Å². The van der Waals surface area contributed by atoms with Crippen molar-refractivity contribution in [2.24, 2.45) is 0 Å². The van der Waals surface area contributed by atoms with Crippen LogP contribution in [0.4, 0.5) is 9.52 Å². The highest BCUT2D eigenvalue weighted by atomic mass is 32.2. The third kappa shape index (κ3) is 3.59. The molecule has 2 aromatic carbocycles. The molecule has 0 atom stereocenters. The second-order valence-electron chi connectivity index (χ2n) is 6.66. The molecule has 0 spiro atoms. The van der Waals surface area contributed by atoms with Gasteiger partial charge in [-0.2, -0.15) is 0 Å². The number of amides is 1. The Morgan fingerprint density at radius 2 is 1.82 bits per heavy atom. The topological polar surface area (TPSA) is 70.6 Å². The second kappa shape index (κ2) is 7.14. The molecule has 0 aliphatic carbocycles. The number of hydrogen-bond donors (Lipinski definition) is 0. The number of halogens is 1. The van der Waals surface area contributed by atoms with Crippen molar-refractivity contribution in [2.45, 2.75) is 4.90 Å². The number of piperazine rings is 1. The summed E-state index contributed by atoms with van der Waals surface area (Å²) < 4.78 is 38.1. The van der Waals surface area contributed by atoms with E-state index < -0.39 is 9.84 Å². The normalized spacial score (nSPS) is 15.2. The Bertz CT molecular complexity index is 1150. The minimum atomic E-state index is -3.49. The fourth-order valence-electron chi connectivity index (χ4n) is 3.26. The number of benzene rings is 2. The van der Waals surface area contributed by atoms with E-state index in [2.05, 4.69) is 9.88 Å². The molecule has 0 N–H and O–H groups in total. The molecule has 4 rings (SSSR count). The Morgan fingerprint density at radius 1 is 1.11 bits per heavy atom. The summed E-state index contributed by atoms with van der Waals surface area (Å²) in [4.78, 5) is 21.2. The molecule has 0 radical (unpaired) electrons. The van der Waals surface area contributed by atoms with Crippen LogP contribution in [0.1, 0.15) is 10.4 Å². The molecule has 1 aliphatic rings. The summed E-state index contributed by atoms with van der Waals surface area (Å²) in [5.74, 6) is -0.574. The van der Waals surface area contributed by atoms with Crippen LogP contribution in [-0.2, 0) is 9.84 Å². The highest BCUT2D eigenvalue weighted by Crippen LogP contribution is 2.30. The van der Waals surface area contributed by atoms with E-state index in [1.54, 1.807) is 29.2 Å². The van der Waals surface area contributed by atoms with Crippen LogP contribution < -0.4 is 4.90 Å². The molecule has 3 aromatic rings. The summed E-state index contributed by atoms with van der Waals surface area (Å²) in [7, 11) is -3.49. The van der Waals surface area contributed by atoms with Crippen molar-refractivity contribution in [3.05, 3.63) is 53.8 Å². The first kappa shape index (κ1) is 18.8. The maximum absolute atomic E-state index is 13.4. The van der Waals surface area contributed by atoms with Gasteiger partial charge in [-0.3, -0.25) is 4.79 Å². The minimum Gasteiger partial charge on any atom is -0.345 e. The van der Waals surface area contributed by atoms with Crippen molar-refractivity contribution >= 4 is 42.4 Å². The standard InChI is InChI=1S/C19H18FN3O3S2/c1-28(25,26)17-5-3-2-4-14(17)18(24)22-8-10-23(11-9-22)19-21-15-7-6-13(20)12-16(15)27-19/h2-7,12H,8-11H2,1H3. The van der Waals surface area contributed by atoms with Gasteiger partial charge in [0.15, 0.2) is 15.0 Å². The number of carbonyl (C=O) groups excluding carboxylic acids is 1. The lowest BCUT2D eigenvalue weighted by Gasteiger charge is -2.34. The van der Waals surface area contributed by atoms with Crippen molar-refractivity contribution in [1.29, 1.82) is 0 Å². The van der Waals surface area contributed by atoms with Crippen molar-refractivity contribution in [1.82, 2.24) is 9.88 Å². The number of carbonyl (C=O) groups is 1. The molecule has 9 heteroatoms. The molecule has 6 nitrogen and oxygen atoms in total. The van der Waals surface area contributed by atoms with Crippen LogP contribution in [0.15, 0.2) is 47.4 Å². The summed E-state index contributed by atoms with van der Waals surface area (Å²) in [5, 5.41) is 0.796. The number of rotatable bonds is 3. The first-order valence-electron chi connectivity index (χ1n) is 8.72. The van der Waals surface area contributed by atoms with E-state index in [0.717, 1.165) is 21.6 Å². The van der Waals surface area contributed by atoms with Gasteiger partial charge in [0.2, 0.25) is 0 Å². The number of hydrogen-bond acceptors (Lipinski definition) is 6. The number of anilines is 1. The van der Waals surface area contributed by atoms with Gasteiger partial charge in [0.25, 0.3) is 5.91 Å². The predicted octanol–water partition coefficient (Wildman–Crippen LogP) is 2.80. The Labute approximate surface area is 166 Å². The lowest BCUT2D eigenvalue weighted by Crippen LogP contribution is -2.49. The summed E-state index contributed by atoms with van der Waals surface area (Å²) in [6.07, 6.45) is 1.10. The first-order valence-corrected chi connectivity index (χ1v) is 11.4. The molecule has 1 saturated heterocycles. The molecule has 1 fully saturated rings. The third-order valence-corrected chi connectivity index (χ3v) is 6.93. The molecule has 2 heterocycles. The fourth-order valence-corrected chi connectivity index (χ4v) is 5.18. The van der Waals surface area contributed by atoms with Crippen LogP contribution >= 0.6 is 11.3 Å². The minimum absolute atomic E-state index is 0.0515. The zero-order valence-corrected chi connectivity index (χ0v) is 16.8. The van der Waals surface area contributed by atoms with Crippen LogP contribution in [0.25, 0.3) is 10.2 Å². The largest absolute Gasteiger partial charge is 0.345 e. The van der Waals surface area contributed by atoms with Gasteiger partial charge in [-0.05, 0) is 30.3 Å². The van der Waals surface area contributed by atoms with Crippen LogP contribution in [-0.4, -0.2) is 56.6 Å². The molecule has 0 unspecified atom stereocenters. The molecule has 1 aliphatic heterocycles. The van der Waals surface area contributed by atoms with Crippen LogP contribution in [0, 0.1) is 5.82 Å². The Morgan fingerprint density at radius 3 is 2.54 bits per heavy atom. The Hall–Kier alpha value is -2.52. The molecule has 0 bridgehead atoms. The van der Waals surface area contributed by atoms with Crippen molar-refractivity contribution in [3.63, 3.8) is 0 Å². The maximum Gasteiger partial charge on any atom is 0.255 e. The van der Waals surface area contributed by atoms with Crippen molar-refractivity contribution in [3.8, 4) is 0 Å². The van der Waals surface area contributed by atoms with Gasteiger partial charge in [-0.1, -0.05) is 23.5 Å². The summed E-state index contributed by atoms with van der Waals surface area (Å²) in [5.41, 5.74) is 0.955. The molecule has 146 valence electrons. The van der Waals surface area contributed by atoms with Crippen molar-refractivity contribution in [2.75, 3.05) is 37.3 Å². The zero-order chi connectivity index (χ0) is 19.9. The summed E-state index contributed by atoms with van der Waals surface area (Å²) >= 11 is 1.42. The van der Waals surface area contributed by atoms with Gasteiger partial charge in [-0.25, -0.2) is 17.8 Å². The lowest BCUT2D eigenvalue weighted by atomic mass is 10.2. The molecule has 1 amide bonds. The zero-order valence-electron chi connectivity index (χ0n) is 15.1. The number of fused-ring (bicyclic) bond motifs is 1. The third-order valence-electron chi connectivity index (χ3n) is 4.69. The van der Waals surface area contributed by atoms with E-state index in [1.807, 2.05) is 0 Å². The highest BCUT2D eigenvalue weighted by Gasteiger charge is 2.27. The molecule has 1 aromatic heterocycles. The number of aromatic nitrogens is 1. The van der Waals surface area contributed by atoms with E-state index in [-0.39, 0.29) is 22.2 Å². The first-order chi connectivity index (χ1) is 13.3. The lowest BCUT2D eigenvalue weighted by molar-refractivity contribution is 0.0743. The number of nitrogens with zero attached hydrogens (tertiary/aromatic N) is 3. The second-order valence-corrected chi connectivity index (χ2v) is 9.65. The van der Waals surface area contributed by atoms with Crippen LogP contribution in [0.5, 0.6) is 0 Å². The average Bonchev–Trinajstić information content (AvgIpc) is 3.10. The molecular formula is C19H18FN3O3S2.